The first-order valence-corrected chi connectivity index (χ1v) is 9.76. The van der Waals surface area contributed by atoms with Crippen LogP contribution in [0, 0.1) is 5.82 Å². The molecule has 0 radical (unpaired) electrons. The van der Waals surface area contributed by atoms with Gasteiger partial charge in [-0.3, -0.25) is 9.36 Å². The quantitative estimate of drug-likeness (QED) is 0.428. The lowest BCUT2D eigenvalue weighted by atomic mass is 10.2. The van der Waals surface area contributed by atoms with Crippen LogP contribution in [0.3, 0.4) is 0 Å². The minimum atomic E-state index is -0.405. The van der Waals surface area contributed by atoms with E-state index >= 15 is 0 Å². The molecule has 0 spiro atoms. The summed E-state index contributed by atoms with van der Waals surface area (Å²) in [6.45, 7) is 4.08. The van der Waals surface area contributed by atoms with Crippen LogP contribution in [0.25, 0.3) is 11.4 Å². The monoisotopic (exact) mass is 437 g/mol. The predicted octanol–water partition coefficient (Wildman–Crippen LogP) is 4.70. The van der Waals surface area contributed by atoms with Gasteiger partial charge in [0.2, 0.25) is 5.91 Å². The van der Waals surface area contributed by atoms with Gasteiger partial charge in [-0.05, 0) is 18.2 Å². The standard InChI is InChI=1S/C18H14Cl2FN5OS/c1-2-7-26-17(12-5-3-4-6-14(12)21)24-25-18(26)28-10-15(27)23-16-13(20)8-11(19)9-22-16/h2-6,8-9H,1,7,10H2,(H,22,23,27). The number of pyridine rings is 1. The molecule has 10 heteroatoms. The highest BCUT2D eigenvalue weighted by Gasteiger charge is 2.17. The fraction of sp³-hybridized carbons (Fsp3) is 0.111. The zero-order valence-corrected chi connectivity index (χ0v) is 16.7. The van der Waals surface area contributed by atoms with Crippen LogP contribution in [0.4, 0.5) is 10.2 Å². The van der Waals surface area contributed by atoms with Crippen LogP contribution < -0.4 is 5.32 Å². The largest absolute Gasteiger partial charge is 0.309 e. The summed E-state index contributed by atoms with van der Waals surface area (Å²) in [4.78, 5) is 16.2. The number of hydrogen-bond acceptors (Lipinski definition) is 5. The Bertz CT molecular complexity index is 1030. The number of nitrogens with zero attached hydrogens (tertiary/aromatic N) is 4. The van der Waals surface area contributed by atoms with Gasteiger partial charge in [-0.2, -0.15) is 0 Å². The minimum Gasteiger partial charge on any atom is -0.309 e. The molecule has 0 saturated heterocycles. The fourth-order valence-electron chi connectivity index (χ4n) is 2.34. The van der Waals surface area contributed by atoms with Crippen molar-refractivity contribution in [1.29, 1.82) is 0 Å². The lowest BCUT2D eigenvalue weighted by Gasteiger charge is -2.09. The number of carbonyl (C=O) groups is 1. The number of nitrogens with one attached hydrogen (secondary N) is 1. The molecule has 0 aliphatic carbocycles. The van der Waals surface area contributed by atoms with Crippen molar-refractivity contribution in [3.05, 3.63) is 65.0 Å². The van der Waals surface area contributed by atoms with E-state index < -0.39 is 5.82 Å². The molecule has 144 valence electrons. The van der Waals surface area contributed by atoms with Crippen molar-refractivity contribution >= 4 is 46.7 Å². The van der Waals surface area contributed by atoms with Crippen molar-refractivity contribution in [2.24, 2.45) is 0 Å². The smallest absolute Gasteiger partial charge is 0.236 e. The molecule has 3 aromatic rings. The molecule has 0 aliphatic rings. The molecular weight excluding hydrogens is 424 g/mol. The molecule has 0 aliphatic heterocycles. The zero-order valence-electron chi connectivity index (χ0n) is 14.4. The van der Waals surface area contributed by atoms with Crippen molar-refractivity contribution in [3.8, 4) is 11.4 Å². The van der Waals surface area contributed by atoms with E-state index in [-0.39, 0.29) is 22.5 Å². The molecule has 1 aromatic carbocycles. The Morgan fingerprint density at radius 2 is 2.11 bits per heavy atom. The molecule has 1 N–H and O–H groups in total. The summed E-state index contributed by atoms with van der Waals surface area (Å²) in [5.74, 6) is -0.118. The van der Waals surface area contributed by atoms with Gasteiger partial charge in [0.1, 0.15) is 5.82 Å². The van der Waals surface area contributed by atoms with Gasteiger partial charge in [0.15, 0.2) is 16.8 Å². The first-order valence-electron chi connectivity index (χ1n) is 8.02. The Balaban J connectivity index is 1.74. The van der Waals surface area contributed by atoms with E-state index in [4.69, 9.17) is 23.2 Å². The van der Waals surface area contributed by atoms with E-state index in [1.165, 1.54) is 18.3 Å². The average Bonchev–Trinajstić information content (AvgIpc) is 3.06. The number of aromatic nitrogens is 4. The number of amides is 1. The van der Waals surface area contributed by atoms with Gasteiger partial charge in [-0.15, -0.1) is 16.8 Å². The molecule has 0 fully saturated rings. The van der Waals surface area contributed by atoms with E-state index in [1.54, 1.807) is 28.8 Å². The highest BCUT2D eigenvalue weighted by molar-refractivity contribution is 7.99. The molecule has 6 nitrogen and oxygen atoms in total. The summed E-state index contributed by atoms with van der Waals surface area (Å²) in [5.41, 5.74) is 0.324. The number of benzene rings is 1. The number of carbonyl (C=O) groups excluding carboxylic acids is 1. The number of thioether (sulfide) groups is 1. The van der Waals surface area contributed by atoms with Crippen LogP contribution in [0.15, 0.2) is 54.3 Å². The molecule has 0 atom stereocenters. The molecule has 0 bridgehead atoms. The van der Waals surface area contributed by atoms with E-state index in [0.29, 0.717) is 28.1 Å². The number of rotatable bonds is 7. The average molecular weight is 438 g/mol. The van der Waals surface area contributed by atoms with Crippen molar-refractivity contribution < 1.29 is 9.18 Å². The molecule has 3 rings (SSSR count). The lowest BCUT2D eigenvalue weighted by molar-refractivity contribution is -0.113. The number of halogens is 3. The molecule has 0 unspecified atom stereocenters. The highest BCUT2D eigenvalue weighted by Crippen LogP contribution is 2.27. The molecule has 2 heterocycles. The van der Waals surface area contributed by atoms with E-state index in [0.717, 1.165) is 11.8 Å². The van der Waals surface area contributed by atoms with Gasteiger partial charge in [0, 0.05) is 12.7 Å². The Morgan fingerprint density at radius 1 is 1.32 bits per heavy atom. The topological polar surface area (TPSA) is 72.7 Å². The third kappa shape index (κ3) is 4.70. The van der Waals surface area contributed by atoms with Crippen LogP contribution in [-0.4, -0.2) is 31.4 Å². The summed E-state index contributed by atoms with van der Waals surface area (Å²) >= 11 is 12.9. The van der Waals surface area contributed by atoms with Gasteiger partial charge in [0.05, 0.1) is 21.4 Å². The minimum absolute atomic E-state index is 0.0349. The first-order chi connectivity index (χ1) is 13.5. The van der Waals surface area contributed by atoms with Crippen LogP contribution >= 0.6 is 35.0 Å². The van der Waals surface area contributed by atoms with Crippen molar-refractivity contribution in [2.75, 3.05) is 11.1 Å². The predicted molar refractivity (Wildman–Crippen MR) is 109 cm³/mol. The van der Waals surface area contributed by atoms with Crippen LogP contribution in [0.2, 0.25) is 10.0 Å². The van der Waals surface area contributed by atoms with Gasteiger partial charge in [-0.1, -0.05) is 53.2 Å². The summed E-state index contributed by atoms with van der Waals surface area (Å²) in [5, 5.41) is 11.8. The van der Waals surface area contributed by atoms with E-state index in [1.807, 2.05) is 0 Å². The number of allylic oxidation sites excluding steroid dienone is 1. The second-order valence-corrected chi connectivity index (χ2v) is 7.29. The van der Waals surface area contributed by atoms with E-state index in [9.17, 15) is 9.18 Å². The SMILES string of the molecule is C=CCn1c(SCC(=O)Nc2ncc(Cl)cc2Cl)nnc1-c1ccccc1F. The maximum atomic E-state index is 14.1. The Hall–Kier alpha value is -2.42. The molecule has 1 amide bonds. The molecule has 2 aromatic heterocycles. The number of anilines is 1. The summed E-state index contributed by atoms with van der Waals surface area (Å²) in [6.07, 6.45) is 3.03. The van der Waals surface area contributed by atoms with Crippen molar-refractivity contribution in [2.45, 2.75) is 11.7 Å². The molecule has 28 heavy (non-hydrogen) atoms. The third-order valence-corrected chi connectivity index (χ3v) is 5.00. The van der Waals surface area contributed by atoms with Gasteiger partial charge < -0.3 is 5.32 Å². The Kier molecular flexibility index (Phi) is 6.66. The fourth-order valence-corrected chi connectivity index (χ4v) is 3.51. The first kappa shape index (κ1) is 20.3. The van der Waals surface area contributed by atoms with Crippen molar-refractivity contribution in [3.63, 3.8) is 0 Å². The van der Waals surface area contributed by atoms with Crippen LogP contribution in [-0.2, 0) is 11.3 Å². The van der Waals surface area contributed by atoms with Gasteiger partial charge in [0.25, 0.3) is 0 Å². The van der Waals surface area contributed by atoms with Crippen LogP contribution in [0.1, 0.15) is 0 Å². The zero-order chi connectivity index (χ0) is 20.1. The lowest BCUT2D eigenvalue weighted by Crippen LogP contribution is -2.16. The summed E-state index contributed by atoms with van der Waals surface area (Å²) in [7, 11) is 0. The number of hydrogen-bond donors (Lipinski definition) is 1. The molecular formula is C18H14Cl2FN5OS. The second-order valence-electron chi connectivity index (χ2n) is 5.51. The van der Waals surface area contributed by atoms with Crippen molar-refractivity contribution in [1.82, 2.24) is 19.7 Å². The Morgan fingerprint density at radius 3 is 2.82 bits per heavy atom. The van der Waals surface area contributed by atoms with Gasteiger partial charge >= 0.3 is 0 Å². The maximum Gasteiger partial charge on any atom is 0.236 e. The van der Waals surface area contributed by atoms with Crippen LogP contribution in [0.5, 0.6) is 0 Å². The summed E-state index contributed by atoms with van der Waals surface area (Å²) < 4.78 is 15.8. The Labute approximate surface area is 174 Å². The van der Waals surface area contributed by atoms with Gasteiger partial charge in [-0.25, -0.2) is 9.37 Å². The summed E-state index contributed by atoms with van der Waals surface area (Å²) in [6, 6.07) is 7.78. The van der Waals surface area contributed by atoms with E-state index in [2.05, 4.69) is 27.1 Å². The third-order valence-electron chi connectivity index (χ3n) is 3.54. The normalized spacial score (nSPS) is 10.7. The maximum absolute atomic E-state index is 14.1. The highest BCUT2D eigenvalue weighted by atomic mass is 35.5. The molecule has 0 saturated carbocycles. The second kappa shape index (κ2) is 9.18.